The summed E-state index contributed by atoms with van der Waals surface area (Å²) in [6.07, 6.45) is 2.59. The monoisotopic (exact) mass is 570 g/mol. The summed E-state index contributed by atoms with van der Waals surface area (Å²) in [6, 6.07) is 8.50. The Labute approximate surface area is 238 Å². The van der Waals surface area contributed by atoms with Crippen molar-refractivity contribution in [3.63, 3.8) is 0 Å². The fourth-order valence-electron chi connectivity index (χ4n) is 4.92. The van der Waals surface area contributed by atoms with Gasteiger partial charge < -0.3 is 10.5 Å². The third kappa shape index (κ3) is 4.49. The van der Waals surface area contributed by atoms with Crippen molar-refractivity contribution in [3.8, 4) is 28.3 Å². The standard InChI is InChI=1S/C29H27FN8O2S/c1-14(2)40-27-20(30)10-19(11-32-27)24-22-25(31)33-13-34-26(22)38(36-24)17(5)23-21(18-8-6-7-15(3)9-18)28(39)37-16(4)12-41-29(37)35-23/h6-14,17H,1-5H3,(H2,31,33,34)/t17-/m0/s1. The van der Waals surface area contributed by atoms with Gasteiger partial charge in [0.05, 0.1) is 28.8 Å². The maximum atomic E-state index is 15.0. The predicted octanol–water partition coefficient (Wildman–Crippen LogP) is 5.36. The molecule has 5 aromatic heterocycles. The van der Waals surface area contributed by atoms with Crippen LogP contribution in [0, 0.1) is 19.7 Å². The van der Waals surface area contributed by atoms with Crippen molar-refractivity contribution in [2.24, 2.45) is 0 Å². The molecule has 6 rings (SSSR count). The minimum Gasteiger partial charge on any atom is -0.473 e. The summed E-state index contributed by atoms with van der Waals surface area (Å²) >= 11 is 1.39. The highest BCUT2D eigenvalue weighted by molar-refractivity contribution is 7.15. The van der Waals surface area contributed by atoms with Crippen molar-refractivity contribution in [1.29, 1.82) is 0 Å². The van der Waals surface area contributed by atoms with Crippen LogP contribution in [0.2, 0.25) is 0 Å². The second-order valence-corrected chi connectivity index (χ2v) is 11.0. The van der Waals surface area contributed by atoms with Gasteiger partial charge in [-0.25, -0.2) is 29.0 Å². The minimum atomic E-state index is -0.627. The number of pyridine rings is 1. The number of benzene rings is 1. The Morgan fingerprint density at radius 2 is 1.88 bits per heavy atom. The van der Waals surface area contributed by atoms with E-state index in [0.29, 0.717) is 38.5 Å². The Balaban J connectivity index is 1.59. The van der Waals surface area contributed by atoms with Crippen LogP contribution < -0.4 is 16.0 Å². The second-order valence-electron chi connectivity index (χ2n) is 10.1. The molecule has 0 fully saturated rings. The number of nitrogen functional groups attached to an aromatic ring is 1. The van der Waals surface area contributed by atoms with Crippen molar-refractivity contribution in [2.45, 2.75) is 46.8 Å². The third-order valence-corrected chi connectivity index (χ3v) is 7.73. The first-order chi connectivity index (χ1) is 19.6. The van der Waals surface area contributed by atoms with Gasteiger partial charge in [-0.1, -0.05) is 29.8 Å². The van der Waals surface area contributed by atoms with Gasteiger partial charge >= 0.3 is 0 Å². The molecule has 0 aliphatic heterocycles. The number of aromatic nitrogens is 7. The topological polar surface area (TPSA) is 126 Å². The number of rotatable bonds is 6. The molecule has 208 valence electrons. The normalized spacial score (nSPS) is 12.5. The van der Waals surface area contributed by atoms with E-state index in [0.717, 1.165) is 16.8 Å². The summed E-state index contributed by atoms with van der Waals surface area (Å²) in [5.41, 5.74) is 10.9. The van der Waals surface area contributed by atoms with Crippen LogP contribution in [0.3, 0.4) is 0 Å². The van der Waals surface area contributed by atoms with Crippen LogP contribution in [0.25, 0.3) is 38.4 Å². The molecule has 0 saturated heterocycles. The van der Waals surface area contributed by atoms with Crippen LogP contribution in [0.1, 0.15) is 43.8 Å². The van der Waals surface area contributed by atoms with E-state index in [9.17, 15) is 9.18 Å². The Kier molecular flexibility index (Phi) is 6.49. The fourth-order valence-corrected chi connectivity index (χ4v) is 5.79. The molecule has 41 heavy (non-hydrogen) atoms. The largest absolute Gasteiger partial charge is 0.473 e. The number of fused-ring (bicyclic) bond motifs is 2. The van der Waals surface area contributed by atoms with Gasteiger partial charge in [-0.2, -0.15) is 5.10 Å². The smallest absolute Gasteiger partial charge is 0.266 e. The lowest BCUT2D eigenvalue weighted by atomic mass is 10.00. The van der Waals surface area contributed by atoms with Crippen LogP contribution in [0.15, 0.2) is 53.0 Å². The number of nitrogens with zero attached hydrogens (tertiary/aromatic N) is 7. The zero-order valence-electron chi connectivity index (χ0n) is 23.1. The van der Waals surface area contributed by atoms with Gasteiger partial charge in [0.1, 0.15) is 17.8 Å². The summed E-state index contributed by atoms with van der Waals surface area (Å²) in [7, 11) is 0. The van der Waals surface area contributed by atoms with E-state index in [1.165, 1.54) is 29.9 Å². The number of halogens is 1. The van der Waals surface area contributed by atoms with Gasteiger partial charge in [-0.3, -0.25) is 9.20 Å². The molecule has 12 heteroatoms. The van der Waals surface area contributed by atoms with E-state index in [1.54, 1.807) is 22.9 Å². The van der Waals surface area contributed by atoms with E-state index < -0.39 is 11.9 Å². The molecule has 1 aromatic carbocycles. The average molecular weight is 571 g/mol. The molecule has 0 radical (unpaired) electrons. The number of ether oxygens (including phenoxy) is 1. The molecule has 10 nitrogen and oxygen atoms in total. The molecule has 0 amide bonds. The number of hydrogen-bond donors (Lipinski definition) is 1. The summed E-state index contributed by atoms with van der Waals surface area (Å²) in [4.78, 5) is 32.3. The van der Waals surface area contributed by atoms with Crippen molar-refractivity contribution in [1.82, 2.24) is 34.1 Å². The molecular formula is C29H27FN8O2S. The van der Waals surface area contributed by atoms with Crippen molar-refractivity contribution >= 4 is 33.1 Å². The Bertz CT molecular complexity index is 2010. The zero-order valence-corrected chi connectivity index (χ0v) is 23.9. The minimum absolute atomic E-state index is 0.0999. The van der Waals surface area contributed by atoms with E-state index in [-0.39, 0.29) is 23.4 Å². The lowest BCUT2D eigenvalue weighted by molar-refractivity contribution is 0.221. The van der Waals surface area contributed by atoms with Crippen LogP contribution in [-0.4, -0.2) is 40.2 Å². The number of anilines is 1. The van der Waals surface area contributed by atoms with Crippen LogP contribution in [0.5, 0.6) is 5.88 Å². The summed E-state index contributed by atoms with van der Waals surface area (Å²) < 4.78 is 23.7. The molecule has 0 aliphatic rings. The van der Waals surface area contributed by atoms with Gasteiger partial charge in [0.15, 0.2) is 16.4 Å². The third-order valence-electron chi connectivity index (χ3n) is 6.78. The maximum Gasteiger partial charge on any atom is 0.266 e. The first-order valence-electron chi connectivity index (χ1n) is 13.0. The van der Waals surface area contributed by atoms with Gasteiger partial charge in [0.25, 0.3) is 11.4 Å². The lowest BCUT2D eigenvalue weighted by Gasteiger charge is -2.17. The van der Waals surface area contributed by atoms with E-state index in [2.05, 4.69) is 15.0 Å². The fraction of sp³-hybridized carbons (Fsp3) is 0.241. The van der Waals surface area contributed by atoms with Crippen LogP contribution >= 0.6 is 11.3 Å². The first-order valence-corrected chi connectivity index (χ1v) is 13.9. The molecule has 0 saturated carbocycles. The molecule has 1 atom stereocenters. The highest BCUT2D eigenvalue weighted by Gasteiger charge is 2.27. The van der Waals surface area contributed by atoms with Gasteiger partial charge in [0.2, 0.25) is 0 Å². The predicted molar refractivity (Wildman–Crippen MR) is 157 cm³/mol. The number of hydrogen-bond acceptors (Lipinski definition) is 9. The molecule has 0 spiro atoms. The van der Waals surface area contributed by atoms with Crippen LogP contribution in [0.4, 0.5) is 10.2 Å². The molecular weight excluding hydrogens is 543 g/mol. The average Bonchev–Trinajstić information content (AvgIpc) is 3.51. The number of thiazole rings is 1. The van der Waals surface area contributed by atoms with E-state index in [1.807, 2.05) is 50.4 Å². The summed E-state index contributed by atoms with van der Waals surface area (Å²) in [5.74, 6) is -0.544. The Morgan fingerprint density at radius 1 is 1.07 bits per heavy atom. The van der Waals surface area contributed by atoms with Gasteiger partial charge in [0, 0.05) is 22.8 Å². The van der Waals surface area contributed by atoms with Crippen molar-refractivity contribution in [2.75, 3.05) is 5.73 Å². The molecule has 0 aliphatic carbocycles. The first kappa shape index (κ1) is 26.5. The molecule has 2 N–H and O–H groups in total. The maximum absolute atomic E-state index is 15.0. The zero-order chi connectivity index (χ0) is 29.0. The second kappa shape index (κ2) is 10.0. The van der Waals surface area contributed by atoms with E-state index in [4.69, 9.17) is 20.6 Å². The quantitative estimate of drug-likeness (QED) is 0.284. The molecule has 0 bridgehead atoms. The Morgan fingerprint density at radius 3 is 2.61 bits per heavy atom. The molecule has 0 unspecified atom stereocenters. The van der Waals surface area contributed by atoms with Crippen LogP contribution in [-0.2, 0) is 0 Å². The molecule has 6 aromatic rings. The summed E-state index contributed by atoms with van der Waals surface area (Å²) in [6.45, 7) is 9.34. The summed E-state index contributed by atoms with van der Waals surface area (Å²) in [5, 5.41) is 7.19. The van der Waals surface area contributed by atoms with Gasteiger partial charge in [-0.15, -0.1) is 11.3 Å². The highest BCUT2D eigenvalue weighted by atomic mass is 32.1. The molecule has 5 heterocycles. The van der Waals surface area contributed by atoms with Crippen molar-refractivity contribution < 1.29 is 9.13 Å². The Hall–Kier alpha value is -4.71. The number of nitrogens with two attached hydrogens (primary N) is 1. The lowest BCUT2D eigenvalue weighted by Crippen LogP contribution is -2.23. The number of aryl methyl sites for hydroxylation is 2. The van der Waals surface area contributed by atoms with Crippen molar-refractivity contribution in [3.05, 3.63) is 81.4 Å². The highest BCUT2D eigenvalue weighted by Crippen LogP contribution is 2.36. The SMILES string of the molecule is Cc1cccc(-c2c([C@H](C)n3nc(-c4cnc(OC(C)C)c(F)c4)c4c(N)ncnc43)nc3scc(C)n3c2=O)c1. The van der Waals surface area contributed by atoms with Gasteiger partial charge in [-0.05, 0) is 46.2 Å². The van der Waals surface area contributed by atoms with E-state index >= 15 is 0 Å².